The van der Waals surface area contributed by atoms with Crippen molar-refractivity contribution in [2.24, 2.45) is 5.92 Å². The van der Waals surface area contributed by atoms with Crippen LogP contribution in [-0.2, 0) is 9.59 Å². The van der Waals surface area contributed by atoms with Gasteiger partial charge in [-0.1, -0.05) is 19.8 Å². The number of amides is 2. The second-order valence-electron chi connectivity index (χ2n) is 9.14. The van der Waals surface area contributed by atoms with Crippen molar-refractivity contribution in [3.63, 3.8) is 0 Å². The van der Waals surface area contributed by atoms with E-state index in [2.05, 4.69) is 27.4 Å². The Morgan fingerprint density at radius 1 is 0.885 bits per heavy atom. The van der Waals surface area contributed by atoms with Gasteiger partial charge in [0.05, 0.1) is 13.1 Å². The molecular weight excluding hydrogens is 328 g/mol. The SMILES string of the molecule is C[C@H]1CCCC[C@@H]1NC(=O)CN1CCCN(CC(=O)NC(C)(C)C)CC1. The van der Waals surface area contributed by atoms with Crippen LogP contribution in [0.2, 0.25) is 0 Å². The summed E-state index contributed by atoms with van der Waals surface area (Å²) in [6, 6.07) is 0.348. The van der Waals surface area contributed by atoms with Gasteiger partial charge in [-0.2, -0.15) is 0 Å². The van der Waals surface area contributed by atoms with E-state index in [1.54, 1.807) is 0 Å². The molecule has 150 valence electrons. The van der Waals surface area contributed by atoms with Crippen LogP contribution in [0.3, 0.4) is 0 Å². The predicted molar refractivity (Wildman–Crippen MR) is 105 cm³/mol. The van der Waals surface area contributed by atoms with Gasteiger partial charge in [0.1, 0.15) is 0 Å². The van der Waals surface area contributed by atoms with Gasteiger partial charge in [0, 0.05) is 24.7 Å². The van der Waals surface area contributed by atoms with E-state index in [1.807, 2.05) is 20.8 Å². The summed E-state index contributed by atoms with van der Waals surface area (Å²) in [6.07, 6.45) is 5.85. The van der Waals surface area contributed by atoms with E-state index in [0.29, 0.717) is 25.0 Å². The number of nitrogens with one attached hydrogen (secondary N) is 2. The fourth-order valence-electron chi connectivity index (χ4n) is 3.99. The summed E-state index contributed by atoms with van der Waals surface area (Å²) < 4.78 is 0. The Balaban J connectivity index is 1.72. The smallest absolute Gasteiger partial charge is 0.234 e. The third-order valence-corrected chi connectivity index (χ3v) is 5.39. The van der Waals surface area contributed by atoms with E-state index in [4.69, 9.17) is 0 Å². The number of carbonyl (C=O) groups is 2. The van der Waals surface area contributed by atoms with Gasteiger partial charge >= 0.3 is 0 Å². The highest BCUT2D eigenvalue weighted by Gasteiger charge is 2.24. The third-order valence-electron chi connectivity index (χ3n) is 5.39. The maximum atomic E-state index is 12.4. The molecule has 6 nitrogen and oxygen atoms in total. The highest BCUT2D eigenvalue weighted by atomic mass is 16.2. The summed E-state index contributed by atoms with van der Waals surface area (Å²) in [7, 11) is 0. The first-order chi connectivity index (χ1) is 12.2. The molecule has 0 radical (unpaired) electrons. The van der Waals surface area contributed by atoms with Crippen LogP contribution in [0.4, 0.5) is 0 Å². The van der Waals surface area contributed by atoms with E-state index < -0.39 is 0 Å². The number of hydrogen-bond acceptors (Lipinski definition) is 4. The lowest BCUT2D eigenvalue weighted by Gasteiger charge is -2.30. The maximum absolute atomic E-state index is 12.4. The van der Waals surface area contributed by atoms with Crippen molar-refractivity contribution in [1.82, 2.24) is 20.4 Å². The average Bonchev–Trinajstić information content (AvgIpc) is 2.73. The molecule has 0 bridgehead atoms. The normalized spacial score (nSPS) is 26.2. The minimum Gasteiger partial charge on any atom is -0.352 e. The molecule has 1 saturated carbocycles. The zero-order chi connectivity index (χ0) is 19.2. The van der Waals surface area contributed by atoms with Crippen molar-refractivity contribution in [1.29, 1.82) is 0 Å². The molecule has 1 heterocycles. The molecule has 2 rings (SSSR count). The van der Waals surface area contributed by atoms with Crippen LogP contribution in [0.5, 0.6) is 0 Å². The molecule has 0 unspecified atom stereocenters. The van der Waals surface area contributed by atoms with E-state index in [1.165, 1.54) is 19.3 Å². The lowest BCUT2D eigenvalue weighted by Crippen LogP contribution is -2.47. The maximum Gasteiger partial charge on any atom is 0.234 e. The predicted octanol–water partition coefficient (Wildman–Crippen LogP) is 1.60. The van der Waals surface area contributed by atoms with Crippen LogP contribution in [0.1, 0.15) is 59.8 Å². The first kappa shape index (κ1) is 21.2. The third kappa shape index (κ3) is 7.62. The molecule has 2 N–H and O–H groups in total. The zero-order valence-electron chi connectivity index (χ0n) is 17.1. The Morgan fingerprint density at radius 3 is 2.04 bits per heavy atom. The number of hydrogen-bond donors (Lipinski definition) is 2. The Labute approximate surface area is 159 Å². The second-order valence-corrected chi connectivity index (χ2v) is 9.14. The molecule has 1 aliphatic heterocycles. The molecule has 1 aliphatic carbocycles. The van der Waals surface area contributed by atoms with E-state index in [0.717, 1.165) is 39.0 Å². The fraction of sp³-hybridized carbons (Fsp3) is 0.900. The van der Waals surface area contributed by atoms with E-state index in [9.17, 15) is 9.59 Å². The minimum absolute atomic E-state index is 0.0787. The Kier molecular flexibility index (Phi) is 7.89. The largest absolute Gasteiger partial charge is 0.352 e. The first-order valence-corrected chi connectivity index (χ1v) is 10.3. The van der Waals surface area contributed by atoms with Gasteiger partial charge in [-0.05, 0) is 59.0 Å². The van der Waals surface area contributed by atoms with Crippen molar-refractivity contribution in [3.8, 4) is 0 Å². The van der Waals surface area contributed by atoms with Crippen molar-refractivity contribution in [2.45, 2.75) is 71.4 Å². The lowest BCUT2D eigenvalue weighted by molar-refractivity contribution is -0.124. The van der Waals surface area contributed by atoms with Gasteiger partial charge in [-0.25, -0.2) is 0 Å². The summed E-state index contributed by atoms with van der Waals surface area (Å²) >= 11 is 0. The molecule has 2 amide bonds. The lowest BCUT2D eigenvalue weighted by atomic mass is 9.86. The van der Waals surface area contributed by atoms with Crippen LogP contribution < -0.4 is 10.6 Å². The van der Waals surface area contributed by atoms with Gasteiger partial charge in [0.25, 0.3) is 0 Å². The van der Waals surface area contributed by atoms with Gasteiger partial charge in [-0.3, -0.25) is 19.4 Å². The van der Waals surface area contributed by atoms with Crippen molar-refractivity contribution >= 4 is 11.8 Å². The average molecular weight is 367 g/mol. The molecular formula is C20H38N4O2. The minimum atomic E-state index is -0.191. The molecule has 26 heavy (non-hydrogen) atoms. The monoisotopic (exact) mass is 366 g/mol. The van der Waals surface area contributed by atoms with Crippen LogP contribution in [0, 0.1) is 5.92 Å². The molecule has 2 fully saturated rings. The summed E-state index contributed by atoms with van der Waals surface area (Å²) in [5.41, 5.74) is -0.191. The van der Waals surface area contributed by atoms with Crippen molar-refractivity contribution < 1.29 is 9.59 Å². The topological polar surface area (TPSA) is 64.7 Å². The molecule has 0 aromatic rings. The summed E-state index contributed by atoms with van der Waals surface area (Å²) in [4.78, 5) is 29.0. The molecule has 6 heteroatoms. The van der Waals surface area contributed by atoms with Gasteiger partial charge in [0.15, 0.2) is 0 Å². The molecule has 0 aromatic heterocycles. The summed E-state index contributed by atoms with van der Waals surface area (Å²) in [5, 5.41) is 6.27. The molecule has 0 aromatic carbocycles. The quantitative estimate of drug-likeness (QED) is 0.776. The van der Waals surface area contributed by atoms with Crippen molar-refractivity contribution in [3.05, 3.63) is 0 Å². The standard InChI is InChI=1S/C20H38N4O2/c1-16-8-5-6-9-17(16)21-18(25)14-23-10-7-11-24(13-12-23)15-19(26)22-20(2,3)4/h16-17H,5-15H2,1-4H3,(H,21,25)(H,22,26)/t16-,17-/m0/s1. The van der Waals surface area contributed by atoms with Gasteiger partial charge in [0.2, 0.25) is 11.8 Å². The number of rotatable bonds is 5. The van der Waals surface area contributed by atoms with Crippen LogP contribution in [0.15, 0.2) is 0 Å². The van der Waals surface area contributed by atoms with E-state index >= 15 is 0 Å². The first-order valence-electron chi connectivity index (χ1n) is 10.3. The molecule has 2 atom stereocenters. The van der Waals surface area contributed by atoms with Crippen LogP contribution in [-0.4, -0.2) is 72.5 Å². The van der Waals surface area contributed by atoms with Crippen LogP contribution >= 0.6 is 0 Å². The Morgan fingerprint density at radius 2 is 1.46 bits per heavy atom. The second kappa shape index (κ2) is 9.70. The van der Waals surface area contributed by atoms with E-state index in [-0.39, 0.29) is 17.4 Å². The Bertz CT molecular complexity index is 475. The number of carbonyl (C=O) groups excluding carboxylic acids is 2. The highest BCUT2D eigenvalue weighted by Crippen LogP contribution is 2.23. The van der Waals surface area contributed by atoms with Crippen molar-refractivity contribution in [2.75, 3.05) is 39.3 Å². The molecule has 0 spiro atoms. The Hall–Kier alpha value is -1.14. The zero-order valence-corrected chi connectivity index (χ0v) is 17.1. The fourth-order valence-corrected chi connectivity index (χ4v) is 3.99. The molecule has 1 saturated heterocycles. The highest BCUT2D eigenvalue weighted by molar-refractivity contribution is 5.79. The van der Waals surface area contributed by atoms with Gasteiger partial charge < -0.3 is 10.6 Å². The summed E-state index contributed by atoms with van der Waals surface area (Å²) in [5.74, 6) is 0.825. The van der Waals surface area contributed by atoms with Crippen LogP contribution in [0.25, 0.3) is 0 Å². The summed E-state index contributed by atoms with van der Waals surface area (Å²) in [6.45, 7) is 12.7. The number of nitrogens with zero attached hydrogens (tertiary/aromatic N) is 2. The van der Waals surface area contributed by atoms with Gasteiger partial charge in [-0.15, -0.1) is 0 Å². The molecule has 2 aliphatic rings.